The summed E-state index contributed by atoms with van der Waals surface area (Å²) in [4.78, 5) is 7.91. The third kappa shape index (κ3) is 7.77. The Hall–Kier alpha value is -4.15. The fraction of sp³-hybridized carbons (Fsp3) is 0.289. The molecule has 0 bridgehead atoms. The third-order valence-electron chi connectivity index (χ3n) is 7.67. The van der Waals surface area contributed by atoms with Gasteiger partial charge in [0.1, 0.15) is 18.2 Å². The third-order valence-corrected chi connectivity index (χ3v) is 7.67. The van der Waals surface area contributed by atoms with Gasteiger partial charge in [-0.1, -0.05) is 130 Å². The maximum absolute atomic E-state index is 6.05. The minimum absolute atomic E-state index is 0.580. The predicted octanol–water partition coefficient (Wildman–Crippen LogP) is 9.40. The highest BCUT2D eigenvalue weighted by Gasteiger charge is 2.21. The summed E-state index contributed by atoms with van der Waals surface area (Å²) in [5.41, 5.74) is 7.21. The Morgan fingerprint density at radius 3 is 1.90 bits per heavy atom. The highest BCUT2D eigenvalue weighted by atomic mass is 16.5. The molecular weight excluding hydrogens is 514 g/mol. The van der Waals surface area contributed by atoms with Crippen molar-refractivity contribution in [3.05, 3.63) is 132 Å². The van der Waals surface area contributed by atoms with Crippen LogP contribution >= 0.6 is 0 Å². The monoisotopic (exact) mass is 557 g/mol. The predicted molar refractivity (Wildman–Crippen MR) is 174 cm³/mol. The molecule has 0 saturated carbocycles. The molecule has 4 heteroatoms. The van der Waals surface area contributed by atoms with Crippen LogP contribution in [0.4, 0.5) is 0 Å². The maximum atomic E-state index is 6.05. The van der Waals surface area contributed by atoms with Crippen molar-refractivity contribution in [2.45, 2.75) is 65.8 Å². The minimum Gasteiger partial charge on any atom is -0.489 e. The number of nitrogens with zero attached hydrogens (tertiary/aromatic N) is 3. The van der Waals surface area contributed by atoms with Gasteiger partial charge in [0.25, 0.3) is 0 Å². The molecule has 4 nitrogen and oxygen atoms in total. The number of hydrogen-bond donors (Lipinski definition) is 0. The first kappa shape index (κ1) is 29.3. The fourth-order valence-corrected chi connectivity index (χ4v) is 5.34. The van der Waals surface area contributed by atoms with Crippen molar-refractivity contribution in [1.29, 1.82) is 0 Å². The Labute approximate surface area is 251 Å². The van der Waals surface area contributed by atoms with Crippen LogP contribution in [0.3, 0.4) is 0 Å². The smallest absolute Gasteiger partial charge is 0.140 e. The normalized spacial score (nSPS) is 11.2. The zero-order chi connectivity index (χ0) is 29.0. The van der Waals surface area contributed by atoms with E-state index in [9.17, 15) is 0 Å². The molecule has 0 aliphatic rings. The second-order valence-electron chi connectivity index (χ2n) is 11.0. The van der Waals surface area contributed by atoms with Crippen LogP contribution in [0.1, 0.15) is 56.4 Å². The molecule has 0 radical (unpaired) electrons. The summed E-state index contributed by atoms with van der Waals surface area (Å²) in [5.74, 6) is 1.97. The van der Waals surface area contributed by atoms with Crippen molar-refractivity contribution in [3.63, 3.8) is 0 Å². The molecule has 1 aromatic heterocycles. The fourth-order valence-electron chi connectivity index (χ4n) is 5.34. The Bertz CT molecular complexity index is 1480. The molecular formula is C38H43N3O. The van der Waals surface area contributed by atoms with Crippen molar-refractivity contribution in [1.82, 2.24) is 14.5 Å². The lowest BCUT2D eigenvalue weighted by molar-refractivity contribution is 0.246. The van der Waals surface area contributed by atoms with Crippen LogP contribution in [0.25, 0.3) is 22.6 Å². The summed E-state index contributed by atoms with van der Waals surface area (Å²) in [5, 5.41) is 0. The minimum atomic E-state index is 0.580. The van der Waals surface area contributed by atoms with Crippen molar-refractivity contribution in [3.8, 4) is 28.4 Å². The largest absolute Gasteiger partial charge is 0.489 e. The van der Waals surface area contributed by atoms with Gasteiger partial charge in [0.05, 0.1) is 11.4 Å². The molecule has 0 aliphatic carbocycles. The van der Waals surface area contributed by atoms with Crippen LogP contribution in [0.15, 0.2) is 115 Å². The van der Waals surface area contributed by atoms with E-state index in [1.165, 1.54) is 34.4 Å². The van der Waals surface area contributed by atoms with E-state index >= 15 is 0 Å². The Morgan fingerprint density at radius 1 is 0.643 bits per heavy atom. The van der Waals surface area contributed by atoms with Crippen LogP contribution in [0, 0.1) is 0 Å². The van der Waals surface area contributed by atoms with Gasteiger partial charge in [-0.25, -0.2) is 4.98 Å². The molecule has 0 saturated heterocycles. The maximum Gasteiger partial charge on any atom is 0.140 e. The molecule has 1 heterocycles. The molecule has 0 atom stereocenters. The molecule has 4 aromatic carbocycles. The topological polar surface area (TPSA) is 30.3 Å². The van der Waals surface area contributed by atoms with E-state index in [1.807, 2.05) is 18.2 Å². The van der Waals surface area contributed by atoms with Crippen molar-refractivity contribution >= 4 is 0 Å². The van der Waals surface area contributed by atoms with Gasteiger partial charge in [-0.15, -0.1) is 0 Å². The van der Waals surface area contributed by atoms with Gasteiger partial charge in [0, 0.05) is 30.8 Å². The number of hydrogen-bond acceptors (Lipinski definition) is 3. The van der Waals surface area contributed by atoms with Gasteiger partial charge in [-0.05, 0) is 42.6 Å². The lowest BCUT2D eigenvalue weighted by atomic mass is 10.1. The molecule has 0 fully saturated rings. The highest BCUT2D eigenvalue weighted by molar-refractivity contribution is 5.68. The summed E-state index contributed by atoms with van der Waals surface area (Å²) in [6, 6.07) is 40.3. The summed E-state index contributed by atoms with van der Waals surface area (Å²) < 4.78 is 8.54. The first-order chi connectivity index (χ1) is 20.7. The molecule has 5 aromatic rings. The summed E-state index contributed by atoms with van der Waals surface area (Å²) >= 11 is 0. The van der Waals surface area contributed by atoms with Crippen LogP contribution in [0.2, 0.25) is 0 Å². The van der Waals surface area contributed by atoms with Gasteiger partial charge in [-0.3, -0.25) is 4.90 Å². The molecule has 42 heavy (non-hydrogen) atoms. The average Bonchev–Trinajstić information content (AvgIpc) is 3.41. The summed E-state index contributed by atoms with van der Waals surface area (Å²) in [6.45, 7) is 8.84. The average molecular weight is 558 g/mol. The molecule has 0 N–H and O–H groups in total. The number of benzene rings is 4. The van der Waals surface area contributed by atoms with Crippen LogP contribution in [-0.2, 0) is 26.2 Å². The summed E-state index contributed by atoms with van der Waals surface area (Å²) in [6.07, 6.45) is 4.59. The van der Waals surface area contributed by atoms with Gasteiger partial charge in [-0.2, -0.15) is 0 Å². The molecule has 0 spiro atoms. The number of rotatable bonds is 15. The second kappa shape index (κ2) is 15.2. The lowest BCUT2D eigenvalue weighted by Crippen LogP contribution is -2.26. The lowest BCUT2D eigenvalue weighted by Gasteiger charge is -2.24. The zero-order valence-corrected chi connectivity index (χ0v) is 25.1. The van der Waals surface area contributed by atoms with E-state index in [4.69, 9.17) is 9.72 Å². The van der Waals surface area contributed by atoms with E-state index < -0.39 is 0 Å². The Balaban J connectivity index is 1.43. The number of aromatic nitrogens is 2. The molecule has 216 valence electrons. The van der Waals surface area contributed by atoms with Crippen molar-refractivity contribution < 1.29 is 4.74 Å². The van der Waals surface area contributed by atoms with Gasteiger partial charge in [0.15, 0.2) is 0 Å². The molecule has 0 unspecified atom stereocenters. The van der Waals surface area contributed by atoms with Gasteiger partial charge >= 0.3 is 0 Å². The van der Waals surface area contributed by atoms with E-state index in [1.54, 1.807) is 0 Å². The van der Waals surface area contributed by atoms with Gasteiger partial charge < -0.3 is 9.30 Å². The van der Waals surface area contributed by atoms with E-state index in [0.29, 0.717) is 6.61 Å². The van der Waals surface area contributed by atoms with Crippen LogP contribution < -0.4 is 4.74 Å². The van der Waals surface area contributed by atoms with Crippen LogP contribution in [-0.4, -0.2) is 21.0 Å². The molecule has 0 amide bonds. The SMILES string of the molecule is CCCCN(Cc1ccc(OCc2ccccc2)cc1)Cc1c(-c2ccccc2)nc(-c2ccccc2)n1CCCC. The Kier molecular flexibility index (Phi) is 10.6. The zero-order valence-electron chi connectivity index (χ0n) is 25.1. The first-order valence-electron chi connectivity index (χ1n) is 15.4. The number of unbranched alkanes of at least 4 members (excludes halogenated alkanes) is 2. The second-order valence-corrected chi connectivity index (χ2v) is 11.0. The van der Waals surface area contributed by atoms with Crippen molar-refractivity contribution in [2.75, 3.05) is 6.54 Å². The molecule has 5 rings (SSSR count). The quantitative estimate of drug-likeness (QED) is 0.128. The van der Waals surface area contributed by atoms with Crippen LogP contribution in [0.5, 0.6) is 5.75 Å². The highest BCUT2D eigenvalue weighted by Crippen LogP contribution is 2.31. The standard InChI is InChI=1S/C38H43N3O/c1-3-5-26-40(28-31-22-24-35(25-23-31)42-30-32-16-10-7-11-17-32)29-36-37(33-18-12-8-13-19-33)39-38(41(36)27-6-4-2)34-20-14-9-15-21-34/h7-25H,3-6,26-30H2,1-2H3. The summed E-state index contributed by atoms with van der Waals surface area (Å²) in [7, 11) is 0. The first-order valence-corrected chi connectivity index (χ1v) is 15.4. The van der Waals surface area contributed by atoms with E-state index in [-0.39, 0.29) is 0 Å². The van der Waals surface area contributed by atoms with E-state index in [2.05, 4.69) is 120 Å². The molecule has 0 aliphatic heterocycles. The Morgan fingerprint density at radius 2 is 1.26 bits per heavy atom. The number of imidazole rings is 1. The van der Waals surface area contributed by atoms with Gasteiger partial charge in [0.2, 0.25) is 0 Å². The van der Waals surface area contributed by atoms with Crippen molar-refractivity contribution in [2.24, 2.45) is 0 Å². The number of ether oxygens (including phenoxy) is 1. The van der Waals surface area contributed by atoms with E-state index in [0.717, 1.165) is 62.7 Å².